The molecule has 1 aliphatic heterocycles. The molecule has 3 rings (SSSR count). The topological polar surface area (TPSA) is 122 Å². The number of nitriles is 2. The summed E-state index contributed by atoms with van der Waals surface area (Å²) in [7, 11) is 0. The summed E-state index contributed by atoms with van der Waals surface area (Å²) in [6, 6.07) is 6.91. The van der Waals surface area contributed by atoms with Gasteiger partial charge < -0.3 is 14.8 Å². The van der Waals surface area contributed by atoms with Gasteiger partial charge in [0.1, 0.15) is 24.0 Å². The Hall–Kier alpha value is -3.59. The van der Waals surface area contributed by atoms with E-state index in [-0.39, 0.29) is 12.4 Å². The highest BCUT2D eigenvalue weighted by Gasteiger charge is 2.18. The summed E-state index contributed by atoms with van der Waals surface area (Å²) in [6.07, 6.45) is 2.72. The Morgan fingerprint density at radius 1 is 1.29 bits per heavy atom. The smallest absolute Gasteiger partial charge is 0.231 e. The molecule has 2 aromatic rings. The van der Waals surface area contributed by atoms with E-state index in [1.807, 2.05) is 0 Å². The number of benzene rings is 1. The molecule has 1 aliphatic rings. The normalized spacial score (nSPS) is 11.3. The van der Waals surface area contributed by atoms with Gasteiger partial charge in [-0.3, -0.25) is 0 Å². The summed E-state index contributed by atoms with van der Waals surface area (Å²) in [4.78, 5) is 0. The summed E-state index contributed by atoms with van der Waals surface area (Å²) in [5.74, 6) is 1.12. The number of fused-ring (bicyclic) bond motifs is 1. The van der Waals surface area contributed by atoms with Crippen LogP contribution in [0.3, 0.4) is 0 Å². The van der Waals surface area contributed by atoms with E-state index in [0.29, 0.717) is 22.9 Å². The SMILES string of the molecule is N#CC(C#N)=CNc1cc2c(cc1-n1cnnn1)OCO2. The molecule has 1 N–H and O–H groups in total. The molecule has 1 aromatic heterocycles. The van der Waals surface area contributed by atoms with Gasteiger partial charge in [0.05, 0.1) is 11.4 Å². The Morgan fingerprint density at radius 2 is 2.05 bits per heavy atom. The third kappa shape index (κ3) is 2.31. The number of nitrogens with one attached hydrogen (secondary N) is 1. The van der Waals surface area contributed by atoms with Gasteiger partial charge in [0.2, 0.25) is 6.79 Å². The lowest BCUT2D eigenvalue weighted by atomic mass is 10.2. The molecular formula is C12H7N7O2. The molecule has 2 heterocycles. The standard InChI is InChI=1S/C12H7N7O2/c13-3-8(4-14)5-15-9-1-11-12(21-7-20-11)2-10(9)19-6-16-17-18-19/h1-2,5-6,15H,7H2. The fraction of sp³-hybridized carbons (Fsp3) is 0.0833. The molecule has 0 bridgehead atoms. The van der Waals surface area contributed by atoms with Crippen molar-refractivity contribution in [3.63, 3.8) is 0 Å². The lowest BCUT2D eigenvalue weighted by molar-refractivity contribution is 0.174. The van der Waals surface area contributed by atoms with Crippen LogP contribution in [0, 0.1) is 22.7 Å². The fourth-order valence-electron chi connectivity index (χ4n) is 1.75. The molecule has 102 valence electrons. The van der Waals surface area contributed by atoms with E-state index < -0.39 is 0 Å². The van der Waals surface area contributed by atoms with E-state index in [9.17, 15) is 0 Å². The van der Waals surface area contributed by atoms with Crippen molar-refractivity contribution in [2.75, 3.05) is 12.1 Å². The molecule has 9 heteroatoms. The minimum absolute atomic E-state index is 0.0599. The maximum absolute atomic E-state index is 8.75. The molecule has 9 nitrogen and oxygen atoms in total. The average Bonchev–Trinajstić information content (AvgIpc) is 3.18. The number of rotatable bonds is 3. The van der Waals surface area contributed by atoms with Crippen LogP contribution in [-0.4, -0.2) is 27.0 Å². The highest BCUT2D eigenvalue weighted by atomic mass is 16.7. The quantitative estimate of drug-likeness (QED) is 0.817. The summed E-state index contributed by atoms with van der Waals surface area (Å²) < 4.78 is 12.0. The van der Waals surface area contributed by atoms with E-state index in [0.717, 1.165) is 0 Å². The first-order chi connectivity index (χ1) is 10.3. The van der Waals surface area contributed by atoms with Crippen LogP contribution in [0.25, 0.3) is 5.69 Å². The van der Waals surface area contributed by atoms with Crippen molar-refractivity contribution >= 4 is 5.69 Å². The fourth-order valence-corrected chi connectivity index (χ4v) is 1.75. The van der Waals surface area contributed by atoms with Crippen LogP contribution in [0.1, 0.15) is 0 Å². The van der Waals surface area contributed by atoms with Gasteiger partial charge in [-0.25, -0.2) is 0 Å². The largest absolute Gasteiger partial charge is 0.454 e. The number of hydrogen-bond acceptors (Lipinski definition) is 8. The van der Waals surface area contributed by atoms with Gasteiger partial charge in [-0.1, -0.05) is 0 Å². The molecule has 21 heavy (non-hydrogen) atoms. The van der Waals surface area contributed by atoms with Gasteiger partial charge in [0.15, 0.2) is 11.5 Å². The number of aromatic nitrogens is 4. The molecule has 0 unspecified atom stereocenters. The minimum atomic E-state index is -0.0599. The third-order valence-corrected chi connectivity index (χ3v) is 2.70. The first kappa shape index (κ1) is 12.4. The second-order valence-corrected chi connectivity index (χ2v) is 3.90. The summed E-state index contributed by atoms with van der Waals surface area (Å²) >= 11 is 0. The Labute approximate surface area is 118 Å². The van der Waals surface area contributed by atoms with Crippen LogP contribution in [0.15, 0.2) is 30.2 Å². The highest BCUT2D eigenvalue weighted by molar-refractivity contribution is 5.69. The maximum atomic E-state index is 8.75. The number of ether oxygens (including phenoxy) is 2. The van der Waals surface area contributed by atoms with Crippen molar-refractivity contribution in [2.45, 2.75) is 0 Å². The summed E-state index contributed by atoms with van der Waals surface area (Å²) in [6.45, 7) is 0.130. The van der Waals surface area contributed by atoms with E-state index in [4.69, 9.17) is 20.0 Å². The predicted molar refractivity (Wildman–Crippen MR) is 68.2 cm³/mol. The lowest BCUT2D eigenvalue weighted by Crippen LogP contribution is -2.01. The highest BCUT2D eigenvalue weighted by Crippen LogP contribution is 2.38. The second kappa shape index (κ2) is 5.19. The van der Waals surface area contributed by atoms with Crippen molar-refractivity contribution in [1.29, 1.82) is 10.5 Å². The minimum Gasteiger partial charge on any atom is -0.454 e. The van der Waals surface area contributed by atoms with Crippen molar-refractivity contribution in [2.24, 2.45) is 0 Å². The van der Waals surface area contributed by atoms with Crippen LogP contribution >= 0.6 is 0 Å². The molecule has 0 spiro atoms. The van der Waals surface area contributed by atoms with Crippen LogP contribution < -0.4 is 14.8 Å². The van der Waals surface area contributed by atoms with Gasteiger partial charge in [-0.2, -0.15) is 15.2 Å². The van der Waals surface area contributed by atoms with Gasteiger partial charge in [0.25, 0.3) is 0 Å². The van der Waals surface area contributed by atoms with Gasteiger partial charge in [-0.15, -0.1) is 5.10 Å². The summed E-state index contributed by atoms with van der Waals surface area (Å²) in [5.41, 5.74) is 1.10. The second-order valence-electron chi connectivity index (χ2n) is 3.90. The van der Waals surface area contributed by atoms with Crippen LogP contribution in [-0.2, 0) is 0 Å². The zero-order chi connectivity index (χ0) is 14.7. The van der Waals surface area contributed by atoms with E-state index >= 15 is 0 Å². The molecule has 0 fully saturated rings. The molecule has 0 atom stereocenters. The van der Waals surface area contributed by atoms with Gasteiger partial charge >= 0.3 is 0 Å². The Morgan fingerprint density at radius 3 is 2.71 bits per heavy atom. The molecule has 0 saturated carbocycles. The van der Waals surface area contributed by atoms with Crippen LogP contribution in [0.5, 0.6) is 11.5 Å². The van der Waals surface area contributed by atoms with Crippen LogP contribution in [0.2, 0.25) is 0 Å². The van der Waals surface area contributed by atoms with Crippen LogP contribution in [0.4, 0.5) is 5.69 Å². The lowest BCUT2D eigenvalue weighted by Gasteiger charge is -2.09. The van der Waals surface area contributed by atoms with Gasteiger partial charge in [0, 0.05) is 18.3 Å². The van der Waals surface area contributed by atoms with Gasteiger partial charge in [-0.05, 0) is 10.4 Å². The van der Waals surface area contributed by atoms with Crippen molar-refractivity contribution in [3.05, 3.63) is 30.2 Å². The number of hydrogen-bond donors (Lipinski definition) is 1. The monoisotopic (exact) mass is 281 g/mol. The first-order valence-electron chi connectivity index (χ1n) is 5.75. The predicted octanol–water partition coefficient (Wildman–Crippen LogP) is 0.734. The zero-order valence-electron chi connectivity index (χ0n) is 10.5. The van der Waals surface area contributed by atoms with Crippen molar-refractivity contribution in [3.8, 4) is 29.3 Å². The molecular weight excluding hydrogens is 274 g/mol. The van der Waals surface area contributed by atoms with E-state index in [1.54, 1.807) is 24.3 Å². The van der Waals surface area contributed by atoms with Crippen molar-refractivity contribution < 1.29 is 9.47 Å². The first-order valence-corrected chi connectivity index (χ1v) is 5.75. The number of allylic oxidation sites excluding steroid dienone is 1. The van der Waals surface area contributed by atoms with Crippen molar-refractivity contribution in [1.82, 2.24) is 20.2 Å². The molecule has 1 aromatic carbocycles. The van der Waals surface area contributed by atoms with E-state index in [1.165, 1.54) is 17.2 Å². The average molecular weight is 281 g/mol. The third-order valence-electron chi connectivity index (χ3n) is 2.70. The number of nitrogens with zero attached hydrogens (tertiary/aromatic N) is 6. The summed E-state index contributed by atoms with van der Waals surface area (Å²) in [5, 5.41) is 31.3. The Bertz CT molecular complexity index is 767. The molecule has 0 aliphatic carbocycles. The van der Waals surface area contributed by atoms with E-state index in [2.05, 4.69) is 20.8 Å². The maximum Gasteiger partial charge on any atom is 0.231 e. The Kier molecular flexibility index (Phi) is 3.07. The molecule has 0 saturated heterocycles. The molecule has 0 amide bonds. The molecule has 0 radical (unpaired) electrons. The number of tetrazole rings is 1. The Balaban J connectivity index is 2.04. The zero-order valence-corrected chi connectivity index (χ0v) is 10.5. The number of anilines is 1.